The maximum Gasteiger partial charge on any atom is 0.223 e. The maximum absolute atomic E-state index is 11.0. The summed E-state index contributed by atoms with van der Waals surface area (Å²) in [5, 5.41) is 11.6. The largest absolute Gasteiger partial charge is 0.394 e. The number of amides is 1. The zero-order chi connectivity index (χ0) is 7.14. The van der Waals surface area contributed by atoms with Crippen LogP contribution < -0.4 is 5.32 Å². The Hall–Kier alpha value is -0.570. The van der Waals surface area contributed by atoms with Crippen LogP contribution in [0.5, 0.6) is 0 Å². The maximum atomic E-state index is 11.0. The van der Waals surface area contributed by atoms with Gasteiger partial charge in [-0.2, -0.15) is 0 Å². The summed E-state index contributed by atoms with van der Waals surface area (Å²) in [6.07, 6.45) is 1.99. The predicted molar refractivity (Wildman–Crippen MR) is 35.2 cm³/mol. The molecule has 0 aromatic heterocycles. The third kappa shape index (κ3) is 0.669. The molecule has 1 aliphatic carbocycles. The highest BCUT2D eigenvalue weighted by Gasteiger charge is 2.44. The van der Waals surface area contributed by atoms with Crippen LogP contribution in [0.3, 0.4) is 0 Å². The van der Waals surface area contributed by atoms with Gasteiger partial charge in [0.2, 0.25) is 5.91 Å². The number of rotatable bonds is 1. The van der Waals surface area contributed by atoms with Crippen molar-refractivity contribution in [1.29, 1.82) is 0 Å². The van der Waals surface area contributed by atoms with Crippen LogP contribution in [-0.2, 0) is 4.79 Å². The van der Waals surface area contributed by atoms with Crippen LogP contribution in [0, 0.1) is 11.8 Å². The summed E-state index contributed by atoms with van der Waals surface area (Å²) in [5.41, 5.74) is 0. The quantitative estimate of drug-likeness (QED) is 0.517. The third-order valence-corrected chi connectivity index (χ3v) is 2.64. The smallest absolute Gasteiger partial charge is 0.223 e. The number of nitrogens with one attached hydrogen (secondary N) is 1. The SMILES string of the molecule is O=C1NC(CO)C2CC1C2. The molecule has 10 heavy (non-hydrogen) atoms. The average Bonchev–Trinajstić information content (AvgIpc) is 1.84. The van der Waals surface area contributed by atoms with Crippen LogP contribution in [-0.4, -0.2) is 23.7 Å². The molecule has 2 saturated heterocycles. The van der Waals surface area contributed by atoms with E-state index in [1.807, 2.05) is 0 Å². The Kier molecular flexibility index (Phi) is 1.20. The van der Waals surface area contributed by atoms with Crippen molar-refractivity contribution in [2.45, 2.75) is 18.9 Å². The van der Waals surface area contributed by atoms with Gasteiger partial charge >= 0.3 is 0 Å². The van der Waals surface area contributed by atoms with E-state index >= 15 is 0 Å². The minimum Gasteiger partial charge on any atom is -0.394 e. The van der Waals surface area contributed by atoms with Crippen LogP contribution in [0.4, 0.5) is 0 Å². The molecule has 3 nitrogen and oxygen atoms in total. The van der Waals surface area contributed by atoms with E-state index in [9.17, 15) is 4.79 Å². The number of carbonyl (C=O) groups excluding carboxylic acids is 1. The summed E-state index contributed by atoms with van der Waals surface area (Å²) < 4.78 is 0. The number of fused-ring (bicyclic) bond motifs is 2. The fourth-order valence-corrected chi connectivity index (χ4v) is 1.82. The third-order valence-electron chi connectivity index (χ3n) is 2.64. The van der Waals surface area contributed by atoms with Crippen LogP contribution in [0.1, 0.15) is 12.8 Å². The standard InChI is InChI=1S/C7H11NO2/c9-3-6-4-1-5(2-4)7(10)8-6/h4-6,9H,1-3H2,(H,8,10). The first-order valence-corrected chi connectivity index (χ1v) is 3.72. The topological polar surface area (TPSA) is 49.3 Å². The zero-order valence-electron chi connectivity index (χ0n) is 5.71. The normalized spacial score (nSPS) is 44.1. The Morgan fingerprint density at radius 2 is 2.30 bits per heavy atom. The molecule has 2 N–H and O–H groups in total. The van der Waals surface area contributed by atoms with Crippen molar-refractivity contribution in [1.82, 2.24) is 5.32 Å². The monoisotopic (exact) mass is 141 g/mol. The van der Waals surface area contributed by atoms with Crippen LogP contribution in [0.15, 0.2) is 0 Å². The lowest BCUT2D eigenvalue weighted by molar-refractivity contribution is -0.137. The second-order valence-corrected chi connectivity index (χ2v) is 3.23. The minimum absolute atomic E-state index is 0.0532. The van der Waals surface area contributed by atoms with Gasteiger partial charge in [0.15, 0.2) is 0 Å². The van der Waals surface area contributed by atoms with Crippen molar-refractivity contribution >= 4 is 5.91 Å². The van der Waals surface area contributed by atoms with E-state index in [2.05, 4.69) is 5.32 Å². The molecule has 1 saturated carbocycles. The lowest BCUT2D eigenvalue weighted by Crippen LogP contribution is -2.58. The lowest BCUT2D eigenvalue weighted by atomic mass is 9.67. The van der Waals surface area contributed by atoms with E-state index in [1.54, 1.807) is 0 Å². The Balaban J connectivity index is 2.05. The van der Waals surface area contributed by atoms with Gasteiger partial charge in [-0.05, 0) is 18.8 Å². The molecule has 3 rings (SSSR count). The van der Waals surface area contributed by atoms with E-state index in [1.165, 1.54) is 0 Å². The molecule has 0 spiro atoms. The fraction of sp³-hybridized carbons (Fsp3) is 0.857. The second-order valence-electron chi connectivity index (χ2n) is 3.23. The molecule has 3 fully saturated rings. The summed E-state index contributed by atoms with van der Waals surface area (Å²) in [4.78, 5) is 11.0. The molecule has 2 heterocycles. The Labute approximate surface area is 59.4 Å². The Morgan fingerprint density at radius 1 is 1.60 bits per heavy atom. The number of aliphatic hydroxyl groups excluding tert-OH is 1. The van der Waals surface area contributed by atoms with E-state index in [-0.39, 0.29) is 24.5 Å². The van der Waals surface area contributed by atoms with Crippen LogP contribution in [0.2, 0.25) is 0 Å². The van der Waals surface area contributed by atoms with Gasteiger partial charge in [-0.15, -0.1) is 0 Å². The van der Waals surface area contributed by atoms with Crippen molar-refractivity contribution < 1.29 is 9.90 Å². The van der Waals surface area contributed by atoms with Gasteiger partial charge in [0.25, 0.3) is 0 Å². The van der Waals surface area contributed by atoms with Gasteiger partial charge in [-0.1, -0.05) is 0 Å². The van der Waals surface area contributed by atoms with Crippen molar-refractivity contribution in [3.05, 3.63) is 0 Å². The summed E-state index contributed by atoms with van der Waals surface area (Å²) >= 11 is 0. The second kappa shape index (κ2) is 1.95. The van der Waals surface area contributed by atoms with Crippen molar-refractivity contribution in [2.24, 2.45) is 11.8 Å². The summed E-state index contributed by atoms with van der Waals surface area (Å²) in [7, 11) is 0. The van der Waals surface area contributed by atoms with Gasteiger partial charge in [0, 0.05) is 5.92 Å². The van der Waals surface area contributed by atoms with E-state index < -0.39 is 0 Å². The first-order chi connectivity index (χ1) is 4.81. The summed E-state index contributed by atoms with van der Waals surface area (Å²) in [6.45, 7) is 0.100. The molecule has 1 amide bonds. The Bertz CT molecular complexity index is 163. The van der Waals surface area contributed by atoms with E-state index in [0.717, 1.165) is 12.8 Å². The molecule has 0 radical (unpaired) electrons. The molecule has 1 unspecified atom stereocenters. The van der Waals surface area contributed by atoms with Gasteiger partial charge in [0.1, 0.15) is 0 Å². The number of aliphatic hydroxyl groups is 1. The molecule has 0 aromatic rings. The molecule has 2 bridgehead atoms. The number of hydrogen-bond acceptors (Lipinski definition) is 2. The number of hydrogen-bond donors (Lipinski definition) is 2. The first-order valence-electron chi connectivity index (χ1n) is 3.72. The van der Waals surface area contributed by atoms with E-state index in [4.69, 9.17) is 5.11 Å². The molecule has 56 valence electrons. The van der Waals surface area contributed by atoms with Crippen molar-refractivity contribution in [3.8, 4) is 0 Å². The highest BCUT2D eigenvalue weighted by Crippen LogP contribution is 2.39. The summed E-state index contributed by atoms with van der Waals surface area (Å²) in [5.74, 6) is 0.974. The average molecular weight is 141 g/mol. The van der Waals surface area contributed by atoms with Crippen molar-refractivity contribution in [2.75, 3.05) is 6.61 Å². The molecule has 3 heteroatoms. The van der Waals surface area contributed by atoms with E-state index in [0.29, 0.717) is 5.92 Å². The number of piperidine rings is 2. The molecule has 0 aromatic carbocycles. The summed E-state index contributed by atoms with van der Waals surface area (Å²) in [6, 6.07) is 0.0532. The highest BCUT2D eigenvalue weighted by molar-refractivity contribution is 5.81. The zero-order valence-corrected chi connectivity index (χ0v) is 5.71. The minimum atomic E-state index is 0.0532. The van der Waals surface area contributed by atoms with Gasteiger partial charge in [0.05, 0.1) is 12.6 Å². The lowest BCUT2D eigenvalue weighted by Gasteiger charge is -2.45. The molecular weight excluding hydrogens is 130 g/mol. The van der Waals surface area contributed by atoms with Crippen molar-refractivity contribution in [3.63, 3.8) is 0 Å². The number of carbonyl (C=O) groups is 1. The molecule has 3 aliphatic rings. The molecule has 1 atom stereocenters. The highest BCUT2D eigenvalue weighted by atomic mass is 16.3. The van der Waals surface area contributed by atoms with Gasteiger partial charge < -0.3 is 10.4 Å². The van der Waals surface area contributed by atoms with Gasteiger partial charge in [-0.3, -0.25) is 4.79 Å². The van der Waals surface area contributed by atoms with Crippen LogP contribution >= 0.6 is 0 Å². The first kappa shape index (κ1) is 6.16. The molecule has 2 aliphatic heterocycles. The predicted octanol–water partition coefficient (Wildman–Crippen LogP) is -0.497. The van der Waals surface area contributed by atoms with Crippen LogP contribution in [0.25, 0.3) is 0 Å². The van der Waals surface area contributed by atoms with Gasteiger partial charge in [-0.25, -0.2) is 0 Å². The Morgan fingerprint density at radius 3 is 2.70 bits per heavy atom. The molecular formula is C7H11NO2. The fourth-order valence-electron chi connectivity index (χ4n) is 1.82.